The minimum Gasteiger partial charge on any atom is -0.497 e. The van der Waals surface area contributed by atoms with Crippen LogP contribution in [0.25, 0.3) is 0 Å². The Balaban J connectivity index is 1.75. The van der Waals surface area contributed by atoms with Gasteiger partial charge < -0.3 is 20.1 Å². The molecule has 0 fully saturated rings. The first kappa shape index (κ1) is 20.8. The lowest BCUT2D eigenvalue weighted by Crippen LogP contribution is -2.31. The third-order valence-electron chi connectivity index (χ3n) is 5.11. The van der Waals surface area contributed by atoms with Crippen molar-refractivity contribution < 1.29 is 19.2 Å². The number of rotatable bonds is 6. The number of hydrogen-bond donors (Lipinski definition) is 2. The number of benzene rings is 2. The summed E-state index contributed by atoms with van der Waals surface area (Å²) in [5.41, 5.74) is 1.99. The van der Waals surface area contributed by atoms with Gasteiger partial charge in [-0.2, -0.15) is 10.1 Å². The van der Waals surface area contributed by atoms with E-state index < -0.39 is 16.9 Å². The van der Waals surface area contributed by atoms with Gasteiger partial charge in [0.05, 0.1) is 30.4 Å². The van der Waals surface area contributed by atoms with Crippen LogP contribution in [0.3, 0.4) is 0 Å². The number of allylic oxidation sites excluding steroid dienone is 1. The second-order valence-corrected chi connectivity index (χ2v) is 6.96. The van der Waals surface area contributed by atoms with Crippen molar-refractivity contribution in [3.05, 3.63) is 75.7 Å². The maximum absolute atomic E-state index is 13.5. The van der Waals surface area contributed by atoms with E-state index in [0.717, 1.165) is 0 Å². The molecule has 2 aromatic carbocycles. The molecule has 0 aliphatic carbocycles. The van der Waals surface area contributed by atoms with Crippen LogP contribution in [-0.2, 0) is 4.79 Å². The molecule has 32 heavy (non-hydrogen) atoms. The second-order valence-electron chi connectivity index (χ2n) is 6.96. The smallest absolute Gasteiger partial charge is 0.269 e. The van der Waals surface area contributed by atoms with Gasteiger partial charge in [0.15, 0.2) is 0 Å². The Bertz CT molecular complexity index is 1220. The molecule has 1 atom stereocenters. The predicted molar refractivity (Wildman–Crippen MR) is 116 cm³/mol. The van der Waals surface area contributed by atoms with Crippen LogP contribution in [0.15, 0.2) is 60.1 Å². The fourth-order valence-electron chi connectivity index (χ4n) is 3.57. The van der Waals surface area contributed by atoms with Crippen molar-refractivity contribution in [3.63, 3.8) is 0 Å². The number of nitro groups is 1. The number of ether oxygens (including phenoxy) is 2. The molecule has 1 aromatic heterocycles. The van der Waals surface area contributed by atoms with Crippen LogP contribution in [0.5, 0.6) is 11.5 Å². The minimum atomic E-state index is -0.647. The first-order chi connectivity index (χ1) is 15.4. The van der Waals surface area contributed by atoms with Gasteiger partial charge in [0, 0.05) is 23.9 Å². The van der Waals surface area contributed by atoms with Crippen molar-refractivity contribution in [3.8, 4) is 11.5 Å². The van der Waals surface area contributed by atoms with Crippen molar-refractivity contribution in [1.29, 1.82) is 0 Å². The predicted octanol–water partition coefficient (Wildman–Crippen LogP) is 3.13. The van der Waals surface area contributed by atoms with Gasteiger partial charge in [0.2, 0.25) is 5.95 Å². The van der Waals surface area contributed by atoms with Crippen LogP contribution in [0.1, 0.15) is 18.5 Å². The molecule has 0 unspecified atom stereocenters. The summed E-state index contributed by atoms with van der Waals surface area (Å²) < 4.78 is 12.2. The Kier molecular flexibility index (Phi) is 5.46. The van der Waals surface area contributed by atoms with E-state index in [9.17, 15) is 14.9 Å². The number of nitrogens with one attached hydrogen (secondary N) is 2. The van der Waals surface area contributed by atoms with E-state index in [2.05, 4.69) is 20.7 Å². The first-order valence-electron chi connectivity index (χ1n) is 9.58. The lowest BCUT2D eigenvalue weighted by atomic mass is 9.94. The van der Waals surface area contributed by atoms with Crippen LogP contribution in [0.4, 0.5) is 17.3 Å². The number of anilines is 2. The number of nitrogens with zero attached hydrogens (tertiary/aromatic N) is 4. The molecule has 2 N–H and O–H groups in total. The van der Waals surface area contributed by atoms with Crippen molar-refractivity contribution in [2.75, 3.05) is 24.9 Å². The maximum Gasteiger partial charge on any atom is 0.269 e. The maximum atomic E-state index is 13.5. The van der Waals surface area contributed by atoms with Gasteiger partial charge in [-0.15, -0.1) is 0 Å². The standard InChI is InChI=1S/C21H20N6O5/c1-12-18(20(28)25-16-10-15(31-2)8-9-17(16)32-3)19(26-21(24-12)22-11-23-26)13-4-6-14(7-5-13)27(29)30/h4-11,19H,1-3H3,(H,25,28)(H,22,23,24)/t19-/m1/s1. The highest BCUT2D eigenvalue weighted by Crippen LogP contribution is 2.37. The Hall–Kier alpha value is -4.41. The summed E-state index contributed by atoms with van der Waals surface area (Å²) in [5.74, 6) is 1.08. The third-order valence-corrected chi connectivity index (χ3v) is 5.11. The Morgan fingerprint density at radius 2 is 1.94 bits per heavy atom. The molecular formula is C21H20N6O5. The van der Waals surface area contributed by atoms with Gasteiger partial charge >= 0.3 is 0 Å². The number of aromatic nitrogens is 3. The zero-order chi connectivity index (χ0) is 22.8. The first-order valence-corrected chi connectivity index (χ1v) is 9.58. The van der Waals surface area contributed by atoms with Gasteiger partial charge in [-0.3, -0.25) is 14.9 Å². The molecule has 1 aliphatic rings. The van der Waals surface area contributed by atoms with E-state index in [-0.39, 0.29) is 5.69 Å². The molecule has 164 valence electrons. The second kappa shape index (κ2) is 8.38. The molecule has 3 aromatic rings. The molecule has 2 heterocycles. The van der Waals surface area contributed by atoms with Crippen LogP contribution >= 0.6 is 0 Å². The molecular weight excluding hydrogens is 416 g/mol. The van der Waals surface area contributed by atoms with E-state index in [1.165, 1.54) is 32.7 Å². The van der Waals surface area contributed by atoms with Crippen molar-refractivity contribution in [1.82, 2.24) is 14.8 Å². The lowest BCUT2D eigenvalue weighted by Gasteiger charge is -2.28. The fourth-order valence-corrected chi connectivity index (χ4v) is 3.57. The van der Waals surface area contributed by atoms with Crippen LogP contribution in [0, 0.1) is 10.1 Å². The SMILES string of the molecule is COc1ccc(OC)c(NC(=O)C2=C(C)Nc3ncnn3[C@@H]2c2ccc([N+](=O)[O-])cc2)c1. The molecule has 1 amide bonds. The Labute approximate surface area is 182 Å². The normalized spacial score (nSPS) is 14.9. The zero-order valence-corrected chi connectivity index (χ0v) is 17.5. The van der Waals surface area contributed by atoms with Gasteiger partial charge in [0.1, 0.15) is 23.9 Å². The summed E-state index contributed by atoms with van der Waals surface area (Å²) in [5, 5.41) is 21.3. The van der Waals surface area contributed by atoms with E-state index >= 15 is 0 Å². The number of carbonyl (C=O) groups is 1. The molecule has 0 saturated carbocycles. The van der Waals surface area contributed by atoms with E-state index in [1.54, 1.807) is 41.9 Å². The van der Waals surface area contributed by atoms with Crippen LogP contribution in [-0.4, -0.2) is 39.8 Å². The summed E-state index contributed by atoms with van der Waals surface area (Å²) in [4.78, 5) is 28.2. The number of fused-ring (bicyclic) bond motifs is 1. The monoisotopic (exact) mass is 436 g/mol. The van der Waals surface area contributed by atoms with Gasteiger partial charge in [-0.25, -0.2) is 4.68 Å². The summed E-state index contributed by atoms with van der Waals surface area (Å²) >= 11 is 0. The molecule has 11 heteroatoms. The number of nitro benzene ring substituents is 1. The van der Waals surface area contributed by atoms with Gasteiger partial charge in [0.25, 0.3) is 11.6 Å². The highest BCUT2D eigenvalue weighted by Gasteiger charge is 2.34. The third kappa shape index (κ3) is 3.71. The van der Waals surface area contributed by atoms with E-state index in [4.69, 9.17) is 9.47 Å². The summed E-state index contributed by atoms with van der Waals surface area (Å²) in [6, 6.07) is 10.4. The Morgan fingerprint density at radius 3 is 2.59 bits per heavy atom. The fraction of sp³-hybridized carbons (Fsp3) is 0.190. The lowest BCUT2D eigenvalue weighted by molar-refractivity contribution is -0.384. The number of hydrogen-bond acceptors (Lipinski definition) is 8. The van der Waals surface area contributed by atoms with Crippen LogP contribution < -0.4 is 20.1 Å². The van der Waals surface area contributed by atoms with Gasteiger partial charge in [-0.1, -0.05) is 0 Å². The largest absolute Gasteiger partial charge is 0.497 e. The molecule has 0 spiro atoms. The highest BCUT2D eigenvalue weighted by atomic mass is 16.6. The van der Waals surface area contributed by atoms with E-state index in [0.29, 0.717) is 40.0 Å². The van der Waals surface area contributed by atoms with E-state index in [1.807, 2.05) is 0 Å². The zero-order valence-electron chi connectivity index (χ0n) is 17.5. The molecule has 0 radical (unpaired) electrons. The number of carbonyl (C=O) groups excluding carboxylic acids is 1. The van der Waals surface area contributed by atoms with Crippen molar-refractivity contribution in [2.24, 2.45) is 0 Å². The summed E-state index contributed by atoms with van der Waals surface area (Å²) in [6.45, 7) is 1.76. The topological polar surface area (TPSA) is 133 Å². The molecule has 11 nitrogen and oxygen atoms in total. The highest BCUT2D eigenvalue weighted by molar-refractivity contribution is 6.06. The number of non-ortho nitro benzene ring substituents is 1. The molecule has 0 saturated heterocycles. The molecule has 4 rings (SSSR count). The van der Waals surface area contributed by atoms with Crippen molar-refractivity contribution in [2.45, 2.75) is 13.0 Å². The number of methoxy groups -OCH3 is 2. The van der Waals surface area contributed by atoms with Crippen molar-refractivity contribution >= 4 is 23.2 Å². The average molecular weight is 436 g/mol. The summed E-state index contributed by atoms with van der Waals surface area (Å²) in [6.07, 6.45) is 1.37. The Morgan fingerprint density at radius 1 is 1.19 bits per heavy atom. The quantitative estimate of drug-likeness (QED) is 0.445. The molecule has 0 bridgehead atoms. The number of amides is 1. The summed E-state index contributed by atoms with van der Waals surface area (Å²) in [7, 11) is 3.04. The van der Waals surface area contributed by atoms with Crippen LogP contribution in [0.2, 0.25) is 0 Å². The average Bonchev–Trinajstić information content (AvgIpc) is 3.26. The molecule has 1 aliphatic heterocycles. The van der Waals surface area contributed by atoms with Gasteiger partial charge in [-0.05, 0) is 36.8 Å². The minimum absolute atomic E-state index is 0.0469.